The summed E-state index contributed by atoms with van der Waals surface area (Å²) in [6.07, 6.45) is 0.935. The van der Waals surface area contributed by atoms with Crippen LogP contribution in [0.25, 0.3) is 16.9 Å². The molecule has 23 heavy (non-hydrogen) atoms. The van der Waals surface area contributed by atoms with Gasteiger partial charge in [0.05, 0.1) is 16.4 Å². The monoisotopic (exact) mass is 407 g/mol. The van der Waals surface area contributed by atoms with Crippen LogP contribution in [0.15, 0.2) is 46.9 Å². The lowest BCUT2D eigenvalue weighted by Crippen LogP contribution is -2.05. The third kappa shape index (κ3) is 2.55. The number of hydrogen-bond donors (Lipinski definition) is 1. The Labute approximate surface area is 152 Å². The zero-order valence-electron chi connectivity index (χ0n) is 12.0. The number of nitrogens with zero attached hydrogens (tertiary/aromatic N) is 2. The second-order valence-electron chi connectivity index (χ2n) is 5.34. The topological polar surface area (TPSA) is 29.9 Å². The second-order valence-corrected chi connectivity index (χ2v) is 7.04. The van der Waals surface area contributed by atoms with E-state index in [2.05, 4.69) is 27.3 Å². The number of aromatic nitrogens is 2. The van der Waals surface area contributed by atoms with E-state index in [4.69, 9.17) is 28.3 Å². The predicted octanol–water partition coefficient (Wildman–Crippen LogP) is 5.58. The third-order valence-electron chi connectivity index (χ3n) is 3.92. The molecule has 2 heterocycles. The van der Waals surface area contributed by atoms with Crippen molar-refractivity contribution in [1.82, 2.24) is 9.78 Å². The Bertz CT molecular complexity index is 905. The van der Waals surface area contributed by atoms with Crippen LogP contribution < -0.4 is 5.32 Å². The van der Waals surface area contributed by atoms with Gasteiger partial charge in [-0.25, -0.2) is 4.68 Å². The quantitative estimate of drug-likeness (QED) is 0.600. The zero-order chi connectivity index (χ0) is 16.0. The molecule has 4 rings (SSSR count). The van der Waals surface area contributed by atoms with Gasteiger partial charge in [0.1, 0.15) is 5.82 Å². The van der Waals surface area contributed by atoms with Gasteiger partial charge >= 0.3 is 0 Å². The summed E-state index contributed by atoms with van der Waals surface area (Å²) in [5.41, 5.74) is 4.02. The van der Waals surface area contributed by atoms with Crippen LogP contribution in [0.1, 0.15) is 5.56 Å². The number of nitrogens with one attached hydrogen (secondary N) is 1. The Balaban J connectivity index is 1.96. The van der Waals surface area contributed by atoms with Crippen molar-refractivity contribution in [3.8, 4) is 16.9 Å². The summed E-state index contributed by atoms with van der Waals surface area (Å²) >= 11 is 16.1. The Hall–Kier alpha value is -1.49. The van der Waals surface area contributed by atoms with E-state index >= 15 is 0 Å². The molecule has 0 amide bonds. The number of anilines is 1. The Morgan fingerprint density at radius 1 is 1.13 bits per heavy atom. The van der Waals surface area contributed by atoms with Crippen LogP contribution in [0, 0.1) is 0 Å². The molecule has 0 saturated heterocycles. The van der Waals surface area contributed by atoms with E-state index in [9.17, 15) is 0 Å². The van der Waals surface area contributed by atoms with Crippen molar-refractivity contribution in [2.75, 3.05) is 11.9 Å². The molecular formula is C17H12BrCl2N3. The molecule has 116 valence electrons. The van der Waals surface area contributed by atoms with E-state index in [1.165, 1.54) is 5.56 Å². The van der Waals surface area contributed by atoms with Gasteiger partial charge in [-0.2, -0.15) is 5.10 Å². The third-order valence-corrected chi connectivity index (χ3v) is 5.16. The molecule has 0 spiro atoms. The highest BCUT2D eigenvalue weighted by atomic mass is 79.9. The van der Waals surface area contributed by atoms with Crippen molar-refractivity contribution in [2.45, 2.75) is 6.42 Å². The lowest BCUT2D eigenvalue weighted by Gasteiger charge is -2.09. The summed E-state index contributed by atoms with van der Waals surface area (Å²) in [7, 11) is 0. The van der Waals surface area contributed by atoms with Crippen LogP contribution in [0.3, 0.4) is 0 Å². The lowest BCUT2D eigenvalue weighted by molar-refractivity contribution is 0.882. The molecule has 3 nitrogen and oxygen atoms in total. The standard InChI is InChI=1S/C17H12BrCl2N3/c18-13-4-2-1-3-11(13)16-12-7-8-21-17(12)23(22-16)15-9-10(19)5-6-14(15)20/h1-6,9,21H,7-8H2. The van der Waals surface area contributed by atoms with Gasteiger partial charge in [-0.1, -0.05) is 57.3 Å². The fraction of sp³-hybridized carbons (Fsp3) is 0.118. The van der Waals surface area contributed by atoms with Gasteiger partial charge in [0, 0.05) is 27.2 Å². The molecular weight excluding hydrogens is 397 g/mol. The molecule has 1 aromatic heterocycles. The van der Waals surface area contributed by atoms with Crippen molar-refractivity contribution < 1.29 is 0 Å². The number of halogens is 3. The largest absolute Gasteiger partial charge is 0.369 e. The average molecular weight is 409 g/mol. The zero-order valence-corrected chi connectivity index (χ0v) is 15.1. The minimum atomic E-state index is 0.618. The fourth-order valence-corrected chi connectivity index (χ4v) is 3.70. The van der Waals surface area contributed by atoms with Gasteiger partial charge in [0.2, 0.25) is 0 Å². The fourth-order valence-electron chi connectivity index (χ4n) is 2.87. The summed E-state index contributed by atoms with van der Waals surface area (Å²) < 4.78 is 2.88. The minimum absolute atomic E-state index is 0.618. The Morgan fingerprint density at radius 3 is 2.78 bits per heavy atom. The van der Waals surface area contributed by atoms with E-state index in [-0.39, 0.29) is 0 Å². The summed E-state index contributed by atoms with van der Waals surface area (Å²) in [5.74, 6) is 0.986. The van der Waals surface area contributed by atoms with Crippen LogP contribution in [0.5, 0.6) is 0 Å². The molecule has 0 aliphatic carbocycles. The maximum absolute atomic E-state index is 6.36. The first-order chi connectivity index (χ1) is 11.1. The van der Waals surface area contributed by atoms with E-state index in [1.54, 1.807) is 12.1 Å². The number of rotatable bonds is 2. The van der Waals surface area contributed by atoms with Crippen molar-refractivity contribution in [3.63, 3.8) is 0 Å². The first-order valence-corrected chi connectivity index (χ1v) is 8.76. The first kappa shape index (κ1) is 15.1. The molecule has 1 aliphatic rings. The van der Waals surface area contributed by atoms with Gasteiger partial charge in [-0.3, -0.25) is 0 Å². The number of fused-ring (bicyclic) bond motifs is 1. The second kappa shape index (κ2) is 5.86. The van der Waals surface area contributed by atoms with Crippen molar-refractivity contribution in [3.05, 3.63) is 62.5 Å². The van der Waals surface area contributed by atoms with Crippen LogP contribution in [-0.4, -0.2) is 16.3 Å². The van der Waals surface area contributed by atoms with Gasteiger partial charge in [-0.15, -0.1) is 0 Å². The van der Waals surface area contributed by atoms with Crippen molar-refractivity contribution in [2.24, 2.45) is 0 Å². The summed E-state index contributed by atoms with van der Waals surface area (Å²) in [4.78, 5) is 0. The van der Waals surface area contributed by atoms with Crippen LogP contribution in [0.4, 0.5) is 5.82 Å². The molecule has 6 heteroatoms. The predicted molar refractivity (Wildman–Crippen MR) is 98.9 cm³/mol. The van der Waals surface area contributed by atoms with Gasteiger partial charge in [-0.05, 0) is 30.7 Å². The molecule has 0 fully saturated rings. The first-order valence-electron chi connectivity index (χ1n) is 7.21. The van der Waals surface area contributed by atoms with Gasteiger partial charge in [0.15, 0.2) is 0 Å². The summed E-state index contributed by atoms with van der Waals surface area (Å²) in [6.45, 7) is 0.892. The summed E-state index contributed by atoms with van der Waals surface area (Å²) in [6, 6.07) is 13.5. The van der Waals surface area contributed by atoms with Crippen LogP contribution in [0.2, 0.25) is 10.0 Å². The number of hydrogen-bond acceptors (Lipinski definition) is 2. The van der Waals surface area contributed by atoms with Crippen molar-refractivity contribution >= 4 is 44.9 Å². The van der Waals surface area contributed by atoms with Gasteiger partial charge < -0.3 is 5.32 Å². The molecule has 0 atom stereocenters. The minimum Gasteiger partial charge on any atom is -0.369 e. The lowest BCUT2D eigenvalue weighted by atomic mass is 10.1. The SMILES string of the molecule is Clc1ccc(Cl)c(-n2nc(-c3ccccc3Br)c3c2NCC3)c1. The number of benzene rings is 2. The van der Waals surface area contributed by atoms with E-state index in [0.29, 0.717) is 10.0 Å². The molecule has 0 saturated carbocycles. The van der Waals surface area contributed by atoms with Crippen molar-refractivity contribution in [1.29, 1.82) is 0 Å². The van der Waals surface area contributed by atoms with Crippen LogP contribution in [-0.2, 0) is 6.42 Å². The molecule has 1 N–H and O–H groups in total. The highest BCUT2D eigenvalue weighted by Crippen LogP contribution is 2.38. The highest BCUT2D eigenvalue weighted by molar-refractivity contribution is 9.10. The maximum Gasteiger partial charge on any atom is 0.133 e. The Kier molecular flexibility index (Phi) is 3.84. The molecule has 0 unspecified atom stereocenters. The van der Waals surface area contributed by atoms with E-state index < -0.39 is 0 Å². The molecule has 1 aliphatic heterocycles. The molecule has 0 bridgehead atoms. The van der Waals surface area contributed by atoms with Crippen LogP contribution >= 0.6 is 39.1 Å². The Morgan fingerprint density at radius 2 is 1.96 bits per heavy atom. The molecule has 3 aromatic rings. The van der Waals surface area contributed by atoms with Gasteiger partial charge in [0.25, 0.3) is 0 Å². The highest BCUT2D eigenvalue weighted by Gasteiger charge is 2.25. The van der Waals surface area contributed by atoms with E-state index in [1.807, 2.05) is 28.9 Å². The smallest absolute Gasteiger partial charge is 0.133 e. The van der Waals surface area contributed by atoms with E-state index in [0.717, 1.165) is 40.2 Å². The molecule has 2 aromatic carbocycles. The maximum atomic E-state index is 6.36. The average Bonchev–Trinajstić information content (AvgIpc) is 3.13. The summed E-state index contributed by atoms with van der Waals surface area (Å²) in [5, 5.41) is 9.47. The normalized spacial score (nSPS) is 13.0. The molecule has 0 radical (unpaired) electrons.